The fraction of sp³-hybridized carbons (Fsp3) is 0.353. The zero-order chi connectivity index (χ0) is 17.2. The molecule has 3 rings (SSSR count). The molecular weight excluding hydrogens is 324 g/mol. The zero-order valence-electron chi connectivity index (χ0n) is 12.8. The number of benzene rings is 1. The van der Waals surface area contributed by atoms with Crippen LogP contribution in [0.25, 0.3) is 0 Å². The Morgan fingerprint density at radius 3 is 2.29 bits per heavy atom. The number of nitrogens with zero attached hydrogens (tertiary/aromatic N) is 2. The van der Waals surface area contributed by atoms with Crippen molar-refractivity contribution in [1.29, 1.82) is 0 Å². The smallest absolute Gasteiger partial charge is 0.433 e. The van der Waals surface area contributed by atoms with Gasteiger partial charge in [-0.25, -0.2) is 9.37 Å². The third-order valence-corrected chi connectivity index (χ3v) is 3.91. The van der Waals surface area contributed by atoms with Gasteiger partial charge < -0.3 is 9.64 Å². The van der Waals surface area contributed by atoms with Crippen molar-refractivity contribution in [2.75, 3.05) is 18.0 Å². The molecule has 7 heteroatoms. The van der Waals surface area contributed by atoms with Gasteiger partial charge in [0, 0.05) is 25.9 Å². The molecule has 1 saturated heterocycles. The average Bonchev–Trinajstić information content (AvgIpc) is 2.57. The van der Waals surface area contributed by atoms with E-state index in [1.165, 1.54) is 18.2 Å². The molecule has 0 amide bonds. The van der Waals surface area contributed by atoms with Gasteiger partial charge in [-0.2, -0.15) is 13.2 Å². The lowest BCUT2D eigenvalue weighted by molar-refractivity contribution is -0.141. The van der Waals surface area contributed by atoms with E-state index in [1.54, 1.807) is 18.2 Å². The van der Waals surface area contributed by atoms with Gasteiger partial charge in [0.1, 0.15) is 29.2 Å². The molecular formula is C17H16F4N2O. The maximum atomic E-state index is 12.9. The van der Waals surface area contributed by atoms with Crippen molar-refractivity contribution in [1.82, 2.24) is 4.98 Å². The highest BCUT2D eigenvalue weighted by Gasteiger charge is 2.33. The molecule has 0 radical (unpaired) electrons. The van der Waals surface area contributed by atoms with E-state index >= 15 is 0 Å². The lowest BCUT2D eigenvalue weighted by Gasteiger charge is -2.33. The zero-order valence-corrected chi connectivity index (χ0v) is 12.8. The standard InChI is InChI=1S/C17H16F4N2O/c18-12-4-6-13(7-5-12)24-14-8-10-23(11-9-14)16-3-1-2-15(22-16)17(19,20)21/h1-7,14H,8-11H2. The third-order valence-electron chi connectivity index (χ3n) is 3.91. The van der Waals surface area contributed by atoms with Crippen LogP contribution in [0.15, 0.2) is 42.5 Å². The van der Waals surface area contributed by atoms with Crippen molar-refractivity contribution < 1.29 is 22.3 Å². The van der Waals surface area contributed by atoms with Crippen LogP contribution in [0.5, 0.6) is 5.75 Å². The van der Waals surface area contributed by atoms with Crippen molar-refractivity contribution in [3.05, 3.63) is 54.0 Å². The lowest BCUT2D eigenvalue weighted by atomic mass is 10.1. The van der Waals surface area contributed by atoms with Crippen LogP contribution in [0.2, 0.25) is 0 Å². The number of alkyl halides is 3. The quantitative estimate of drug-likeness (QED) is 0.780. The number of aromatic nitrogens is 1. The maximum Gasteiger partial charge on any atom is 0.433 e. The molecule has 1 fully saturated rings. The van der Waals surface area contributed by atoms with E-state index in [2.05, 4.69) is 4.98 Å². The topological polar surface area (TPSA) is 25.4 Å². The van der Waals surface area contributed by atoms with Crippen LogP contribution >= 0.6 is 0 Å². The summed E-state index contributed by atoms with van der Waals surface area (Å²) in [6, 6.07) is 9.71. The first-order valence-electron chi connectivity index (χ1n) is 7.63. The third kappa shape index (κ3) is 3.96. The molecule has 0 unspecified atom stereocenters. The number of halogens is 4. The first kappa shape index (κ1) is 16.5. The summed E-state index contributed by atoms with van der Waals surface area (Å²) in [4.78, 5) is 5.52. The summed E-state index contributed by atoms with van der Waals surface area (Å²) in [6.07, 6.45) is -3.16. The Morgan fingerprint density at radius 2 is 1.67 bits per heavy atom. The first-order chi connectivity index (χ1) is 11.4. The van der Waals surface area contributed by atoms with E-state index in [9.17, 15) is 17.6 Å². The summed E-state index contributed by atoms with van der Waals surface area (Å²) in [5.41, 5.74) is -0.885. The SMILES string of the molecule is Fc1ccc(OC2CCN(c3cccc(C(F)(F)F)n3)CC2)cc1. The van der Waals surface area contributed by atoms with Gasteiger partial charge in [-0.05, 0) is 36.4 Å². The van der Waals surface area contributed by atoms with Crippen LogP contribution in [0.4, 0.5) is 23.4 Å². The number of anilines is 1. The predicted molar refractivity (Wildman–Crippen MR) is 81.5 cm³/mol. The summed E-state index contributed by atoms with van der Waals surface area (Å²) in [5.74, 6) is 0.588. The van der Waals surface area contributed by atoms with Gasteiger partial charge >= 0.3 is 6.18 Å². The van der Waals surface area contributed by atoms with Gasteiger partial charge in [-0.3, -0.25) is 0 Å². The van der Waals surface area contributed by atoms with Crippen LogP contribution in [-0.2, 0) is 6.18 Å². The van der Waals surface area contributed by atoms with Gasteiger partial charge in [0.15, 0.2) is 0 Å². The minimum absolute atomic E-state index is 0.0440. The summed E-state index contributed by atoms with van der Waals surface area (Å²) >= 11 is 0. The number of ether oxygens (including phenoxy) is 1. The van der Waals surface area contributed by atoms with Gasteiger partial charge in [0.2, 0.25) is 0 Å². The molecule has 0 aliphatic carbocycles. The number of hydrogen-bond acceptors (Lipinski definition) is 3. The summed E-state index contributed by atoms with van der Waals surface area (Å²) in [7, 11) is 0. The molecule has 0 atom stereocenters. The van der Waals surface area contributed by atoms with Crippen LogP contribution < -0.4 is 9.64 Å². The molecule has 1 aliphatic rings. The van der Waals surface area contributed by atoms with Crippen molar-refractivity contribution in [2.24, 2.45) is 0 Å². The largest absolute Gasteiger partial charge is 0.490 e. The molecule has 2 aromatic rings. The number of hydrogen-bond donors (Lipinski definition) is 0. The Labute approximate surface area is 136 Å². The minimum Gasteiger partial charge on any atom is -0.490 e. The molecule has 1 aromatic carbocycles. The van der Waals surface area contributed by atoms with E-state index in [0.717, 1.165) is 6.07 Å². The van der Waals surface area contributed by atoms with E-state index in [-0.39, 0.29) is 11.9 Å². The Hall–Kier alpha value is -2.31. The van der Waals surface area contributed by atoms with Crippen LogP contribution in [0.3, 0.4) is 0 Å². The Bertz CT molecular complexity index is 680. The highest BCUT2D eigenvalue weighted by Crippen LogP contribution is 2.30. The van der Waals surface area contributed by atoms with Gasteiger partial charge in [-0.1, -0.05) is 6.07 Å². The monoisotopic (exact) mass is 340 g/mol. The molecule has 0 N–H and O–H groups in total. The second-order valence-electron chi connectivity index (χ2n) is 5.64. The van der Waals surface area contributed by atoms with E-state index < -0.39 is 11.9 Å². The molecule has 2 heterocycles. The van der Waals surface area contributed by atoms with Gasteiger partial charge in [0.25, 0.3) is 0 Å². The van der Waals surface area contributed by atoms with E-state index in [1.807, 2.05) is 4.90 Å². The normalized spacial score (nSPS) is 16.2. The average molecular weight is 340 g/mol. The molecule has 1 aromatic heterocycles. The molecule has 0 bridgehead atoms. The minimum atomic E-state index is -4.44. The molecule has 24 heavy (non-hydrogen) atoms. The molecule has 0 saturated carbocycles. The summed E-state index contributed by atoms with van der Waals surface area (Å²) in [6.45, 7) is 1.11. The molecule has 3 nitrogen and oxygen atoms in total. The van der Waals surface area contributed by atoms with Gasteiger partial charge in [-0.15, -0.1) is 0 Å². The predicted octanol–water partition coefficient (Wildman–Crippen LogP) is 4.29. The molecule has 1 aliphatic heterocycles. The molecule has 0 spiro atoms. The van der Waals surface area contributed by atoms with E-state index in [4.69, 9.17) is 4.74 Å². The summed E-state index contributed by atoms with van der Waals surface area (Å²) in [5, 5.41) is 0. The summed E-state index contributed by atoms with van der Waals surface area (Å²) < 4.78 is 56.9. The highest BCUT2D eigenvalue weighted by atomic mass is 19.4. The Balaban J connectivity index is 1.60. The maximum absolute atomic E-state index is 12.9. The van der Waals surface area contributed by atoms with Crippen LogP contribution in [0.1, 0.15) is 18.5 Å². The fourth-order valence-corrected chi connectivity index (χ4v) is 2.67. The first-order valence-corrected chi connectivity index (χ1v) is 7.63. The van der Waals surface area contributed by atoms with Crippen molar-refractivity contribution in [3.8, 4) is 5.75 Å². The fourth-order valence-electron chi connectivity index (χ4n) is 2.67. The van der Waals surface area contributed by atoms with Crippen molar-refractivity contribution in [3.63, 3.8) is 0 Å². The lowest BCUT2D eigenvalue weighted by Crippen LogP contribution is -2.38. The van der Waals surface area contributed by atoms with E-state index in [0.29, 0.717) is 37.5 Å². The second kappa shape index (κ2) is 6.67. The van der Waals surface area contributed by atoms with Crippen molar-refractivity contribution >= 4 is 5.82 Å². The number of rotatable bonds is 3. The van der Waals surface area contributed by atoms with Crippen molar-refractivity contribution in [2.45, 2.75) is 25.1 Å². The molecule has 128 valence electrons. The number of piperidine rings is 1. The van der Waals surface area contributed by atoms with Crippen LogP contribution in [-0.4, -0.2) is 24.2 Å². The number of pyridine rings is 1. The van der Waals surface area contributed by atoms with Gasteiger partial charge in [0.05, 0.1) is 0 Å². The Kier molecular flexibility index (Phi) is 4.59. The van der Waals surface area contributed by atoms with Crippen LogP contribution in [0, 0.1) is 5.82 Å². The second-order valence-corrected chi connectivity index (χ2v) is 5.64. The highest BCUT2D eigenvalue weighted by molar-refractivity contribution is 5.40. The Morgan fingerprint density at radius 1 is 1.00 bits per heavy atom.